The van der Waals surface area contributed by atoms with Gasteiger partial charge in [-0.2, -0.15) is 0 Å². The largest absolute Gasteiger partial charge is 0.384 e. The van der Waals surface area contributed by atoms with Gasteiger partial charge in [0.05, 0.1) is 22.4 Å². The van der Waals surface area contributed by atoms with E-state index in [2.05, 4.69) is 155 Å². The van der Waals surface area contributed by atoms with Crippen LogP contribution < -0.4 is 16.5 Å². The Bertz CT molecular complexity index is 2410. The zero-order valence-electron chi connectivity index (χ0n) is 26.9. The molecule has 0 amide bonds. The summed E-state index contributed by atoms with van der Waals surface area (Å²) in [5, 5.41) is 12.6. The molecule has 0 fully saturated rings. The molecule has 0 aliphatic rings. The maximum atomic E-state index is 8.04. The number of rotatable bonds is 8. The molecule has 5 heteroatoms. The zero-order chi connectivity index (χ0) is 33.3. The molecule has 5 N–H and O–H groups in total. The normalized spacial score (nSPS) is 11.2. The minimum Gasteiger partial charge on any atom is -0.384 e. The summed E-state index contributed by atoms with van der Waals surface area (Å²) in [6.45, 7) is 0.462. The van der Waals surface area contributed by atoms with Gasteiger partial charge in [-0.1, -0.05) is 121 Å². The highest BCUT2D eigenvalue weighted by Gasteiger charge is 2.25. The highest BCUT2D eigenvalue weighted by Crippen LogP contribution is 2.45. The van der Waals surface area contributed by atoms with Crippen molar-refractivity contribution in [2.24, 2.45) is 11.5 Å². The minimum atomic E-state index is 0.0366. The first-order chi connectivity index (χ1) is 24.1. The maximum Gasteiger partial charge on any atom is 0.122 e. The van der Waals surface area contributed by atoms with Crippen molar-refractivity contribution in [2.75, 3.05) is 5.01 Å². The van der Waals surface area contributed by atoms with E-state index in [-0.39, 0.29) is 5.84 Å². The lowest BCUT2D eigenvalue weighted by atomic mass is 9.94. The van der Waals surface area contributed by atoms with E-state index in [0.717, 1.165) is 61.2 Å². The number of amidine groups is 1. The van der Waals surface area contributed by atoms with Crippen LogP contribution in [-0.4, -0.2) is 10.5 Å². The first-order valence-electron chi connectivity index (χ1n) is 16.4. The van der Waals surface area contributed by atoms with Gasteiger partial charge in [0.15, 0.2) is 0 Å². The molecule has 0 aliphatic carbocycles. The second kappa shape index (κ2) is 12.6. The van der Waals surface area contributed by atoms with Gasteiger partial charge in [-0.15, -0.1) is 0 Å². The number of hydrogen-bond donors (Lipinski definition) is 3. The van der Waals surface area contributed by atoms with Crippen LogP contribution in [0.4, 0.5) is 11.4 Å². The highest BCUT2D eigenvalue weighted by molar-refractivity contribution is 6.20. The summed E-state index contributed by atoms with van der Waals surface area (Å²) in [6, 6.07) is 59.4. The third-order valence-corrected chi connectivity index (χ3v) is 9.20. The number of benzene rings is 7. The monoisotopic (exact) mass is 633 g/mol. The fourth-order valence-corrected chi connectivity index (χ4v) is 6.79. The van der Waals surface area contributed by atoms with Crippen LogP contribution in [0.15, 0.2) is 170 Å². The molecule has 49 heavy (non-hydrogen) atoms. The number of fused-ring (bicyclic) bond motifs is 3. The fraction of sp³-hybridized carbons (Fsp3) is 0.0227. The van der Waals surface area contributed by atoms with E-state index in [4.69, 9.17) is 16.9 Å². The topological polar surface area (TPSA) is 84.1 Å². The summed E-state index contributed by atoms with van der Waals surface area (Å²) >= 11 is 0. The molecule has 8 aromatic rings. The van der Waals surface area contributed by atoms with Crippen molar-refractivity contribution in [3.05, 3.63) is 181 Å². The molecule has 236 valence electrons. The zero-order valence-corrected chi connectivity index (χ0v) is 26.9. The van der Waals surface area contributed by atoms with E-state index in [1.54, 1.807) is 0 Å². The van der Waals surface area contributed by atoms with Crippen LogP contribution in [0.2, 0.25) is 0 Å². The lowest BCUT2D eigenvalue weighted by Crippen LogP contribution is -2.24. The minimum absolute atomic E-state index is 0.0366. The molecule has 8 rings (SSSR count). The Kier molecular flexibility index (Phi) is 7.72. The van der Waals surface area contributed by atoms with Gasteiger partial charge < -0.3 is 11.5 Å². The number of nitrogen functional groups attached to an aromatic ring is 1. The van der Waals surface area contributed by atoms with Crippen LogP contribution >= 0.6 is 0 Å². The number of anilines is 2. The lowest BCUT2D eigenvalue weighted by molar-refractivity contribution is 0.885. The molecule has 5 nitrogen and oxygen atoms in total. The molecule has 0 saturated heterocycles. The van der Waals surface area contributed by atoms with E-state index < -0.39 is 0 Å². The van der Waals surface area contributed by atoms with Crippen molar-refractivity contribution >= 4 is 39.0 Å². The Balaban J connectivity index is 1.54. The molecular formula is C44H35N5. The van der Waals surface area contributed by atoms with Crippen molar-refractivity contribution in [1.29, 1.82) is 5.41 Å². The van der Waals surface area contributed by atoms with Crippen LogP contribution in [0.25, 0.3) is 55.2 Å². The van der Waals surface area contributed by atoms with Crippen molar-refractivity contribution < 1.29 is 0 Å². The van der Waals surface area contributed by atoms with Gasteiger partial charge in [0.2, 0.25) is 0 Å². The van der Waals surface area contributed by atoms with E-state index in [0.29, 0.717) is 12.1 Å². The third-order valence-electron chi connectivity index (χ3n) is 9.20. The Hall–Kier alpha value is -6.43. The van der Waals surface area contributed by atoms with Gasteiger partial charge >= 0.3 is 0 Å². The number of hydrogen-bond acceptors (Lipinski definition) is 3. The van der Waals surface area contributed by atoms with Crippen LogP contribution in [-0.2, 0) is 6.54 Å². The molecule has 1 aromatic heterocycles. The first-order valence-corrected chi connectivity index (χ1v) is 16.4. The van der Waals surface area contributed by atoms with Crippen molar-refractivity contribution in [2.45, 2.75) is 6.54 Å². The molecule has 0 radical (unpaired) electrons. The SMILES string of the molecule is N=C(N)c1ccc(N(c2ccc(CN)cc2)n2c3ccc(-c4ccccc4)cc3c3c(-c4ccccc4)ccc(-c4ccccc4)c32)cc1. The fourth-order valence-electron chi connectivity index (χ4n) is 6.79. The second-order valence-electron chi connectivity index (χ2n) is 12.2. The highest BCUT2D eigenvalue weighted by atomic mass is 15.6. The maximum absolute atomic E-state index is 8.04. The van der Waals surface area contributed by atoms with Gasteiger partial charge in [0.1, 0.15) is 5.84 Å². The summed E-state index contributed by atoms with van der Waals surface area (Å²) in [5.41, 5.74) is 24.6. The van der Waals surface area contributed by atoms with Crippen LogP contribution in [0.5, 0.6) is 0 Å². The lowest BCUT2D eigenvalue weighted by Gasteiger charge is -2.29. The van der Waals surface area contributed by atoms with Crippen molar-refractivity contribution in [3.63, 3.8) is 0 Å². The Morgan fingerprint density at radius 3 is 1.65 bits per heavy atom. The van der Waals surface area contributed by atoms with Crippen molar-refractivity contribution in [1.82, 2.24) is 4.68 Å². The molecule has 0 saturated carbocycles. The van der Waals surface area contributed by atoms with Gasteiger partial charge in [0, 0.05) is 28.4 Å². The van der Waals surface area contributed by atoms with E-state index in [1.165, 1.54) is 10.9 Å². The smallest absolute Gasteiger partial charge is 0.122 e. The third kappa shape index (κ3) is 5.42. The first kappa shape index (κ1) is 29.9. The number of nitrogens with one attached hydrogen (secondary N) is 1. The van der Waals surface area contributed by atoms with Gasteiger partial charge in [0.25, 0.3) is 0 Å². The summed E-state index contributed by atoms with van der Waals surface area (Å²) < 4.78 is 2.36. The van der Waals surface area contributed by atoms with Crippen molar-refractivity contribution in [3.8, 4) is 33.4 Å². The number of nitrogens with two attached hydrogens (primary N) is 2. The summed E-state index contributed by atoms with van der Waals surface area (Å²) in [4.78, 5) is 0. The van der Waals surface area contributed by atoms with Gasteiger partial charge in [-0.25, -0.2) is 9.69 Å². The number of nitrogens with zero attached hydrogens (tertiary/aromatic N) is 2. The predicted octanol–water partition coefficient (Wildman–Crippen LogP) is 10.1. The summed E-state index contributed by atoms with van der Waals surface area (Å²) in [6.07, 6.45) is 0. The number of aromatic nitrogens is 1. The predicted molar refractivity (Wildman–Crippen MR) is 205 cm³/mol. The average Bonchev–Trinajstić information content (AvgIpc) is 3.50. The van der Waals surface area contributed by atoms with Gasteiger partial charge in [-0.05, 0) is 81.9 Å². The molecule has 1 heterocycles. The van der Waals surface area contributed by atoms with Crippen LogP contribution in [0, 0.1) is 5.41 Å². The molecule has 0 spiro atoms. The quantitative estimate of drug-likeness (QED) is 0.115. The molecule has 0 aliphatic heterocycles. The molecule has 0 bridgehead atoms. The molecular weight excluding hydrogens is 599 g/mol. The Morgan fingerprint density at radius 1 is 0.551 bits per heavy atom. The summed E-state index contributed by atoms with van der Waals surface area (Å²) in [5.74, 6) is 0.0366. The molecule has 0 atom stereocenters. The average molecular weight is 634 g/mol. The van der Waals surface area contributed by atoms with E-state index >= 15 is 0 Å². The molecule has 0 unspecified atom stereocenters. The molecule has 7 aromatic carbocycles. The van der Waals surface area contributed by atoms with E-state index in [1.807, 2.05) is 24.3 Å². The second-order valence-corrected chi connectivity index (χ2v) is 12.2. The summed E-state index contributed by atoms with van der Waals surface area (Å²) in [7, 11) is 0. The van der Waals surface area contributed by atoms with Crippen LogP contribution in [0.3, 0.4) is 0 Å². The standard InChI is InChI=1S/C44H35N5/c45-29-30-16-21-36(22-17-30)48(37-23-18-34(19-24-37)44(46)47)49-41-27-20-35(31-10-4-1-5-11-31)28-40(41)42-38(32-12-6-2-7-13-32)25-26-39(43(42)49)33-14-8-3-9-15-33/h1-28H,29,45H2,(H3,46,47). The van der Waals surface area contributed by atoms with Gasteiger partial charge in [-0.3, -0.25) is 5.41 Å². The Morgan fingerprint density at radius 2 is 1.08 bits per heavy atom. The van der Waals surface area contributed by atoms with Crippen LogP contribution in [0.1, 0.15) is 11.1 Å². The Labute approximate surface area is 285 Å². The van der Waals surface area contributed by atoms with E-state index in [9.17, 15) is 0 Å².